The fraction of sp³-hybridized carbons (Fsp3) is 0.273. The number of hydrogen-bond acceptors (Lipinski definition) is 4. The molecule has 0 aliphatic rings. The van der Waals surface area contributed by atoms with Gasteiger partial charge in [0.15, 0.2) is 0 Å². The first-order valence-electron chi connectivity index (χ1n) is 8.98. The zero-order valence-electron chi connectivity index (χ0n) is 15.1. The molecular weight excluding hydrogens is 345 g/mol. The predicted octanol–water partition coefficient (Wildman–Crippen LogP) is 4.00. The zero-order chi connectivity index (χ0) is 18.9. The molecule has 3 aromatic rings. The van der Waals surface area contributed by atoms with E-state index in [1.807, 2.05) is 53.4 Å². The van der Waals surface area contributed by atoms with Crippen LogP contribution in [0.2, 0.25) is 0 Å². The predicted molar refractivity (Wildman–Crippen MR) is 101 cm³/mol. The van der Waals surface area contributed by atoms with E-state index >= 15 is 0 Å². The lowest BCUT2D eigenvalue weighted by molar-refractivity contribution is 0.00597. The molecule has 0 radical (unpaired) electrons. The highest BCUT2D eigenvalue weighted by atomic mass is 19.1. The standard InChI is InChI=1S/C22H24FNO3/c23-22-11-5-4-9-19(22)13-24(15-21-10-6-12-27-21)14-20(25)17-26-16-18-7-2-1-3-8-18/h1-12,20,25H,13-17H2. The van der Waals surface area contributed by atoms with Crippen molar-refractivity contribution in [2.45, 2.75) is 25.8 Å². The lowest BCUT2D eigenvalue weighted by atomic mass is 10.2. The zero-order valence-corrected chi connectivity index (χ0v) is 15.1. The van der Waals surface area contributed by atoms with Gasteiger partial charge in [-0.15, -0.1) is 0 Å². The maximum absolute atomic E-state index is 14.0. The number of rotatable bonds is 10. The highest BCUT2D eigenvalue weighted by Gasteiger charge is 2.16. The minimum atomic E-state index is -0.685. The molecule has 0 saturated carbocycles. The van der Waals surface area contributed by atoms with Crippen LogP contribution in [0.15, 0.2) is 77.4 Å². The fourth-order valence-corrected chi connectivity index (χ4v) is 2.91. The van der Waals surface area contributed by atoms with Crippen LogP contribution in [0.3, 0.4) is 0 Å². The summed E-state index contributed by atoms with van der Waals surface area (Å²) in [6, 6.07) is 20.2. The second kappa shape index (κ2) is 10.0. The first-order chi connectivity index (χ1) is 13.2. The van der Waals surface area contributed by atoms with Gasteiger partial charge in [0.05, 0.1) is 32.1 Å². The molecule has 1 atom stereocenters. The number of aliphatic hydroxyl groups excluding tert-OH is 1. The molecule has 0 saturated heterocycles. The third-order valence-corrected chi connectivity index (χ3v) is 4.20. The molecule has 0 bridgehead atoms. The molecule has 1 N–H and O–H groups in total. The van der Waals surface area contributed by atoms with Crippen molar-refractivity contribution in [3.63, 3.8) is 0 Å². The molecule has 5 heteroatoms. The summed E-state index contributed by atoms with van der Waals surface area (Å²) in [5.41, 5.74) is 1.64. The summed E-state index contributed by atoms with van der Waals surface area (Å²) in [7, 11) is 0. The fourth-order valence-electron chi connectivity index (χ4n) is 2.91. The summed E-state index contributed by atoms with van der Waals surface area (Å²) in [5, 5.41) is 10.4. The van der Waals surface area contributed by atoms with Crippen molar-refractivity contribution < 1.29 is 18.7 Å². The highest BCUT2D eigenvalue weighted by Crippen LogP contribution is 2.14. The summed E-state index contributed by atoms with van der Waals surface area (Å²) in [6.45, 7) is 1.87. The number of benzene rings is 2. The Morgan fingerprint density at radius 3 is 2.48 bits per heavy atom. The van der Waals surface area contributed by atoms with Gasteiger partial charge in [-0.25, -0.2) is 4.39 Å². The van der Waals surface area contributed by atoms with Gasteiger partial charge >= 0.3 is 0 Å². The van der Waals surface area contributed by atoms with Gasteiger partial charge in [0.25, 0.3) is 0 Å². The molecule has 4 nitrogen and oxygen atoms in total. The first-order valence-corrected chi connectivity index (χ1v) is 8.98. The Morgan fingerprint density at radius 1 is 0.963 bits per heavy atom. The molecule has 2 aromatic carbocycles. The van der Waals surface area contributed by atoms with Crippen LogP contribution in [0.4, 0.5) is 4.39 Å². The van der Waals surface area contributed by atoms with Gasteiger partial charge in [0.1, 0.15) is 11.6 Å². The Labute approximate surface area is 158 Å². The van der Waals surface area contributed by atoms with E-state index in [0.717, 1.165) is 11.3 Å². The van der Waals surface area contributed by atoms with Crippen molar-refractivity contribution in [2.24, 2.45) is 0 Å². The Balaban J connectivity index is 1.55. The lowest BCUT2D eigenvalue weighted by Crippen LogP contribution is -2.34. The van der Waals surface area contributed by atoms with E-state index in [-0.39, 0.29) is 12.4 Å². The van der Waals surface area contributed by atoms with Crippen LogP contribution in [0.5, 0.6) is 0 Å². The van der Waals surface area contributed by atoms with Gasteiger partial charge in [0, 0.05) is 18.7 Å². The van der Waals surface area contributed by atoms with E-state index in [2.05, 4.69) is 0 Å². The average Bonchev–Trinajstić information content (AvgIpc) is 3.17. The third-order valence-electron chi connectivity index (χ3n) is 4.20. The topological polar surface area (TPSA) is 45.8 Å². The Morgan fingerprint density at radius 2 is 1.74 bits per heavy atom. The molecule has 1 heterocycles. The van der Waals surface area contributed by atoms with E-state index in [4.69, 9.17) is 9.15 Å². The minimum Gasteiger partial charge on any atom is -0.468 e. The summed E-state index contributed by atoms with van der Waals surface area (Å²) >= 11 is 0. The molecule has 0 spiro atoms. The number of furan rings is 1. The normalized spacial score (nSPS) is 12.4. The lowest BCUT2D eigenvalue weighted by Gasteiger charge is -2.24. The summed E-state index contributed by atoms with van der Waals surface area (Å²) in [4.78, 5) is 1.95. The Hall–Kier alpha value is -2.47. The number of halogens is 1. The molecule has 142 valence electrons. The first kappa shape index (κ1) is 19.3. The molecule has 0 amide bonds. The smallest absolute Gasteiger partial charge is 0.127 e. The maximum Gasteiger partial charge on any atom is 0.127 e. The van der Waals surface area contributed by atoms with E-state index in [0.29, 0.717) is 31.8 Å². The molecule has 0 fully saturated rings. The van der Waals surface area contributed by atoms with Crippen LogP contribution in [0.25, 0.3) is 0 Å². The number of aliphatic hydroxyl groups is 1. The largest absolute Gasteiger partial charge is 0.468 e. The summed E-state index contributed by atoms with van der Waals surface area (Å²) in [5.74, 6) is 0.514. The maximum atomic E-state index is 14.0. The summed E-state index contributed by atoms with van der Waals surface area (Å²) < 4.78 is 25.0. The van der Waals surface area contributed by atoms with Crippen molar-refractivity contribution in [2.75, 3.05) is 13.2 Å². The molecule has 1 aromatic heterocycles. The Bertz CT molecular complexity index is 792. The second-order valence-electron chi connectivity index (χ2n) is 6.49. The van der Waals surface area contributed by atoms with Crippen LogP contribution in [0, 0.1) is 5.82 Å². The average molecular weight is 369 g/mol. The van der Waals surface area contributed by atoms with E-state index in [1.165, 1.54) is 6.07 Å². The van der Waals surface area contributed by atoms with Gasteiger partial charge in [-0.05, 0) is 23.8 Å². The molecular formula is C22H24FNO3. The number of hydrogen-bond donors (Lipinski definition) is 1. The van der Waals surface area contributed by atoms with Crippen molar-refractivity contribution in [1.29, 1.82) is 0 Å². The molecule has 27 heavy (non-hydrogen) atoms. The number of nitrogens with zero attached hydrogens (tertiary/aromatic N) is 1. The van der Waals surface area contributed by atoms with Crippen molar-refractivity contribution in [1.82, 2.24) is 4.90 Å². The van der Waals surface area contributed by atoms with Gasteiger partial charge < -0.3 is 14.3 Å². The van der Waals surface area contributed by atoms with Gasteiger partial charge in [-0.1, -0.05) is 48.5 Å². The van der Waals surface area contributed by atoms with E-state index in [9.17, 15) is 9.50 Å². The van der Waals surface area contributed by atoms with Crippen molar-refractivity contribution in [3.05, 3.63) is 95.7 Å². The second-order valence-corrected chi connectivity index (χ2v) is 6.49. The number of ether oxygens (including phenoxy) is 1. The molecule has 0 aliphatic heterocycles. The van der Waals surface area contributed by atoms with E-state index in [1.54, 1.807) is 18.4 Å². The monoisotopic (exact) mass is 369 g/mol. The van der Waals surface area contributed by atoms with Gasteiger partial charge in [0.2, 0.25) is 0 Å². The van der Waals surface area contributed by atoms with E-state index < -0.39 is 6.10 Å². The molecule has 3 rings (SSSR count). The van der Waals surface area contributed by atoms with Crippen LogP contribution in [0.1, 0.15) is 16.9 Å². The summed E-state index contributed by atoms with van der Waals surface area (Å²) in [6.07, 6.45) is 0.922. The van der Waals surface area contributed by atoms with Crippen molar-refractivity contribution >= 4 is 0 Å². The molecule has 1 unspecified atom stereocenters. The minimum absolute atomic E-state index is 0.209. The molecule has 0 aliphatic carbocycles. The Kier molecular flexibility index (Phi) is 7.16. The quantitative estimate of drug-likeness (QED) is 0.587. The van der Waals surface area contributed by atoms with Crippen molar-refractivity contribution in [3.8, 4) is 0 Å². The third kappa shape index (κ3) is 6.32. The SMILES string of the molecule is OC(COCc1ccccc1)CN(Cc1ccco1)Cc1ccccc1F. The van der Waals surface area contributed by atoms with Gasteiger partial charge in [-0.3, -0.25) is 4.90 Å². The van der Waals surface area contributed by atoms with Crippen LogP contribution in [-0.4, -0.2) is 29.3 Å². The van der Waals surface area contributed by atoms with Crippen LogP contribution in [-0.2, 0) is 24.4 Å². The highest BCUT2D eigenvalue weighted by molar-refractivity contribution is 5.17. The van der Waals surface area contributed by atoms with Crippen LogP contribution >= 0.6 is 0 Å². The van der Waals surface area contributed by atoms with Crippen LogP contribution < -0.4 is 0 Å². The van der Waals surface area contributed by atoms with Gasteiger partial charge in [-0.2, -0.15) is 0 Å².